The van der Waals surface area contributed by atoms with Crippen LogP contribution in [0.25, 0.3) is 0 Å². The molecule has 0 saturated heterocycles. The molecule has 3 rings (SSSR count). The number of hydrogen-bond acceptors (Lipinski definition) is 2. The first-order valence-corrected chi connectivity index (χ1v) is 12.8. The summed E-state index contributed by atoms with van der Waals surface area (Å²) in [4.78, 5) is 28.8. The summed E-state index contributed by atoms with van der Waals surface area (Å²) in [5, 5.41) is 3.05. The second-order valence-corrected chi connectivity index (χ2v) is 8.97. The van der Waals surface area contributed by atoms with Crippen LogP contribution in [0.1, 0.15) is 62.1 Å². The van der Waals surface area contributed by atoms with Crippen molar-refractivity contribution in [3.8, 4) is 0 Å². The Morgan fingerprint density at radius 2 is 1.34 bits per heavy atom. The van der Waals surface area contributed by atoms with Crippen LogP contribution in [0.5, 0.6) is 0 Å². The SMILES string of the molecule is CCCCNC(=O)[C@H](CC)N(CCc1ccccc1)C(=O)CC(c1ccccc1)c1ccccc1. The van der Waals surface area contributed by atoms with Crippen LogP contribution < -0.4 is 5.32 Å². The maximum Gasteiger partial charge on any atom is 0.242 e. The highest BCUT2D eigenvalue weighted by Gasteiger charge is 2.30. The van der Waals surface area contributed by atoms with Gasteiger partial charge in [0.2, 0.25) is 11.8 Å². The zero-order chi connectivity index (χ0) is 24.9. The van der Waals surface area contributed by atoms with E-state index in [9.17, 15) is 9.59 Å². The first-order valence-electron chi connectivity index (χ1n) is 12.8. The molecule has 3 aromatic rings. The monoisotopic (exact) mass is 470 g/mol. The van der Waals surface area contributed by atoms with Crippen LogP contribution in [0, 0.1) is 0 Å². The number of nitrogens with one attached hydrogen (secondary N) is 1. The lowest BCUT2D eigenvalue weighted by atomic mass is 9.88. The molecule has 1 N–H and O–H groups in total. The van der Waals surface area contributed by atoms with Crippen molar-refractivity contribution in [1.29, 1.82) is 0 Å². The van der Waals surface area contributed by atoms with Crippen molar-refractivity contribution in [2.24, 2.45) is 0 Å². The first-order chi connectivity index (χ1) is 17.1. The van der Waals surface area contributed by atoms with Gasteiger partial charge in [-0.1, -0.05) is 111 Å². The predicted molar refractivity (Wildman–Crippen MR) is 143 cm³/mol. The van der Waals surface area contributed by atoms with Crippen molar-refractivity contribution in [3.05, 3.63) is 108 Å². The summed E-state index contributed by atoms with van der Waals surface area (Å²) in [6.45, 7) is 5.24. The Bertz CT molecular complexity index is 982. The highest BCUT2D eigenvalue weighted by molar-refractivity contribution is 5.88. The smallest absolute Gasteiger partial charge is 0.242 e. The minimum atomic E-state index is -0.477. The second kappa shape index (κ2) is 14.1. The fourth-order valence-corrected chi connectivity index (χ4v) is 4.49. The molecular weight excluding hydrogens is 432 g/mol. The van der Waals surface area contributed by atoms with Gasteiger partial charge < -0.3 is 10.2 Å². The van der Waals surface area contributed by atoms with Gasteiger partial charge >= 0.3 is 0 Å². The normalized spacial score (nSPS) is 11.7. The van der Waals surface area contributed by atoms with Crippen molar-refractivity contribution < 1.29 is 9.59 Å². The highest BCUT2D eigenvalue weighted by atomic mass is 16.2. The predicted octanol–water partition coefficient (Wildman–Crippen LogP) is 5.97. The third-order valence-corrected chi connectivity index (χ3v) is 6.48. The Balaban J connectivity index is 1.86. The molecule has 4 nitrogen and oxygen atoms in total. The van der Waals surface area contributed by atoms with E-state index >= 15 is 0 Å². The molecule has 0 aliphatic carbocycles. The first kappa shape index (κ1) is 26.2. The van der Waals surface area contributed by atoms with E-state index in [2.05, 4.69) is 48.6 Å². The molecule has 0 aliphatic heterocycles. The van der Waals surface area contributed by atoms with Gasteiger partial charge in [-0.25, -0.2) is 0 Å². The van der Waals surface area contributed by atoms with Crippen LogP contribution in [0.2, 0.25) is 0 Å². The van der Waals surface area contributed by atoms with Gasteiger partial charge in [0, 0.05) is 25.4 Å². The summed E-state index contributed by atoms with van der Waals surface area (Å²) in [5.74, 6) is -0.112. The molecule has 0 radical (unpaired) electrons. The molecule has 35 heavy (non-hydrogen) atoms. The Kier molecular flexibility index (Phi) is 10.6. The highest BCUT2D eigenvalue weighted by Crippen LogP contribution is 2.29. The topological polar surface area (TPSA) is 49.4 Å². The summed E-state index contributed by atoms with van der Waals surface area (Å²) in [7, 11) is 0. The molecular formula is C31H38N2O2. The standard InChI is InChI=1S/C31H38N2O2/c1-3-5-22-32-31(35)29(4-2)33(23-21-25-15-9-6-10-16-25)30(34)24-28(26-17-11-7-12-18-26)27-19-13-8-14-20-27/h6-20,28-29H,3-5,21-24H2,1-2H3,(H,32,35)/t29-/m0/s1. The molecule has 3 aromatic carbocycles. The fraction of sp³-hybridized carbons (Fsp3) is 0.355. The average Bonchev–Trinajstić information content (AvgIpc) is 2.91. The zero-order valence-corrected chi connectivity index (χ0v) is 21.0. The van der Waals surface area contributed by atoms with Gasteiger partial charge in [0.15, 0.2) is 0 Å². The molecule has 0 bridgehead atoms. The molecule has 0 unspecified atom stereocenters. The minimum absolute atomic E-state index is 0.0103. The lowest BCUT2D eigenvalue weighted by Gasteiger charge is -2.32. The molecule has 184 valence electrons. The number of nitrogens with zero attached hydrogens (tertiary/aromatic N) is 1. The summed E-state index contributed by atoms with van der Waals surface area (Å²) in [6.07, 6.45) is 3.57. The molecule has 0 fully saturated rings. The summed E-state index contributed by atoms with van der Waals surface area (Å²) >= 11 is 0. The Labute approximate surface area is 210 Å². The number of rotatable bonds is 13. The largest absolute Gasteiger partial charge is 0.354 e. The van der Waals surface area contributed by atoms with Gasteiger partial charge in [-0.05, 0) is 36.0 Å². The summed E-state index contributed by atoms with van der Waals surface area (Å²) in [6, 6.07) is 30.0. The van der Waals surface area contributed by atoms with Crippen LogP contribution in [-0.4, -0.2) is 35.8 Å². The molecule has 2 amide bonds. The third-order valence-electron chi connectivity index (χ3n) is 6.48. The molecule has 0 spiro atoms. The Morgan fingerprint density at radius 1 is 0.800 bits per heavy atom. The quantitative estimate of drug-likeness (QED) is 0.313. The van der Waals surface area contributed by atoms with E-state index in [0.29, 0.717) is 32.4 Å². The maximum absolute atomic E-state index is 13.9. The molecule has 0 aromatic heterocycles. The zero-order valence-electron chi connectivity index (χ0n) is 21.0. The average molecular weight is 471 g/mol. The second-order valence-electron chi connectivity index (χ2n) is 8.97. The molecule has 4 heteroatoms. The van der Waals surface area contributed by atoms with Crippen LogP contribution in [0.4, 0.5) is 0 Å². The number of carbonyl (C=O) groups excluding carboxylic acids is 2. The van der Waals surface area contributed by atoms with E-state index < -0.39 is 6.04 Å². The Morgan fingerprint density at radius 3 is 1.86 bits per heavy atom. The minimum Gasteiger partial charge on any atom is -0.354 e. The lowest BCUT2D eigenvalue weighted by Crippen LogP contribution is -2.50. The van der Waals surface area contributed by atoms with E-state index in [-0.39, 0.29) is 17.7 Å². The van der Waals surface area contributed by atoms with E-state index in [1.807, 2.05) is 66.4 Å². The Hall–Kier alpha value is -3.40. The third kappa shape index (κ3) is 7.81. The van der Waals surface area contributed by atoms with Crippen LogP contribution in [0.3, 0.4) is 0 Å². The van der Waals surface area contributed by atoms with Crippen molar-refractivity contribution in [2.45, 2.75) is 57.9 Å². The lowest BCUT2D eigenvalue weighted by molar-refractivity contribution is -0.140. The number of hydrogen-bond donors (Lipinski definition) is 1. The maximum atomic E-state index is 13.9. The van der Waals surface area contributed by atoms with Crippen LogP contribution in [0.15, 0.2) is 91.0 Å². The number of carbonyl (C=O) groups is 2. The van der Waals surface area contributed by atoms with Gasteiger partial charge in [-0.2, -0.15) is 0 Å². The summed E-state index contributed by atoms with van der Waals surface area (Å²) < 4.78 is 0. The number of amides is 2. The number of benzene rings is 3. The van der Waals surface area contributed by atoms with E-state index in [4.69, 9.17) is 0 Å². The molecule has 1 atom stereocenters. The molecule has 0 aliphatic rings. The molecule has 0 heterocycles. The molecule has 0 saturated carbocycles. The van der Waals surface area contributed by atoms with Crippen molar-refractivity contribution in [2.75, 3.05) is 13.1 Å². The van der Waals surface area contributed by atoms with Gasteiger partial charge in [-0.15, -0.1) is 0 Å². The van der Waals surface area contributed by atoms with Gasteiger partial charge in [0.1, 0.15) is 6.04 Å². The van der Waals surface area contributed by atoms with Crippen molar-refractivity contribution >= 4 is 11.8 Å². The van der Waals surface area contributed by atoms with Crippen LogP contribution in [-0.2, 0) is 16.0 Å². The van der Waals surface area contributed by atoms with Crippen molar-refractivity contribution in [3.63, 3.8) is 0 Å². The fourth-order valence-electron chi connectivity index (χ4n) is 4.49. The van der Waals surface area contributed by atoms with E-state index in [1.165, 1.54) is 0 Å². The van der Waals surface area contributed by atoms with Crippen molar-refractivity contribution in [1.82, 2.24) is 10.2 Å². The van der Waals surface area contributed by atoms with Gasteiger partial charge in [0.25, 0.3) is 0 Å². The summed E-state index contributed by atoms with van der Waals surface area (Å²) in [5.41, 5.74) is 3.38. The van der Waals surface area contributed by atoms with E-state index in [0.717, 1.165) is 29.5 Å². The van der Waals surface area contributed by atoms with Gasteiger partial charge in [0.05, 0.1) is 0 Å². The van der Waals surface area contributed by atoms with Crippen LogP contribution >= 0.6 is 0 Å². The number of unbranched alkanes of at least 4 members (excludes halogenated alkanes) is 1. The van der Waals surface area contributed by atoms with E-state index in [1.54, 1.807) is 0 Å². The van der Waals surface area contributed by atoms with Gasteiger partial charge in [-0.3, -0.25) is 9.59 Å².